The van der Waals surface area contributed by atoms with E-state index in [0.29, 0.717) is 5.65 Å². The van der Waals surface area contributed by atoms with E-state index in [2.05, 4.69) is 20.3 Å². The van der Waals surface area contributed by atoms with Gasteiger partial charge in [-0.2, -0.15) is 0 Å². The first-order valence-electron chi connectivity index (χ1n) is 7.40. The van der Waals surface area contributed by atoms with Gasteiger partial charge in [0, 0.05) is 11.3 Å². The molecule has 0 bridgehead atoms. The minimum atomic E-state index is 0.632. The maximum absolute atomic E-state index is 4.63. The Balaban J connectivity index is 1.72. The molecule has 2 heterocycles. The normalized spacial score (nSPS) is 10.6. The second-order valence-electron chi connectivity index (χ2n) is 5.15. The molecule has 0 aliphatic rings. The van der Waals surface area contributed by atoms with Crippen LogP contribution < -0.4 is 5.32 Å². The SMILES string of the molecule is c1ccc(Nc2ccc3ncc(-c4ccccc4)nc3n2)cc1. The van der Waals surface area contributed by atoms with Crippen molar-refractivity contribution in [3.63, 3.8) is 0 Å². The minimum Gasteiger partial charge on any atom is -0.340 e. The quantitative estimate of drug-likeness (QED) is 0.607. The average molecular weight is 298 g/mol. The zero-order valence-electron chi connectivity index (χ0n) is 12.3. The summed E-state index contributed by atoms with van der Waals surface area (Å²) in [5.74, 6) is 0.753. The molecule has 1 N–H and O–H groups in total. The molecule has 0 aliphatic carbocycles. The van der Waals surface area contributed by atoms with Crippen molar-refractivity contribution in [2.45, 2.75) is 0 Å². The number of hydrogen-bond donors (Lipinski definition) is 1. The molecule has 4 aromatic rings. The summed E-state index contributed by atoms with van der Waals surface area (Å²) in [6, 6.07) is 23.8. The van der Waals surface area contributed by atoms with Crippen LogP contribution in [0.4, 0.5) is 11.5 Å². The van der Waals surface area contributed by atoms with Gasteiger partial charge in [0.2, 0.25) is 0 Å². The van der Waals surface area contributed by atoms with E-state index in [-0.39, 0.29) is 0 Å². The highest BCUT2D eigenvalue weighted by molar-refractivity contribution is 5.76. The highest BCUT2D eigenvalue weighted by atomic mass is 15.0. The van der Waals surface area contributed by atoms with Gasteiger partial charge in [-0.3, -0.25) is 4.98 Å². The third kappa shape index (κ3) is 2.87. The first-order chi connectivity index (χ1) is 11.4. The van der Waals surface area contributed by atoms with Crippen LogP contribution in [-0.2, 0) is 0 Å². The van der Waals surface area contributed by atoms with Gasteiger partial charge >= 0.3 is 0 Å². The Morgan fingerprint density at radius 2 is 1.43 bits per heavy atom. The predicted molar refractivity (Wildman–Crippen MR) is 92.5 cm³/mol. The van der Waals surface area contributed by atoms with Crippen LogP contribution in [0.2, 0.25) is 0 Å². The topological polar surface area (TPSA) is 50.7 Å². The molecule has 2 aromatic heterocycles. The second kappa shape index (κ2) is 5.85. The van der Waals surface area contributed by atoms with Gasteiger partial charge in [0.15, 0.2) is 5.65 Å². The number of pyridine rings is 1. The van der Waals surface area contributed by atoms with Crippen molar-refractivity contribution in [2.75, 3.05) is 5.32 Å². The van der Waals surface area contributed by atoms with Gasteiger partial charge in [0.25, 0.3) is 0 Å². The predicted octanol–water partition coefficient (Wildman–Crippen LogP) is 4.44. The van der Waals surface area contributed by atoms with E-state index in [9.17, 15) is 0 Å². The first-order valence-corrected chi connectivity index (χ1v) is 7.40. The molecule has 0 amide bonds. The number of aromatic nitrogens is 3. The molecule has 0 aliphatic heterocycles. The highest BCUT2D eigenvalue weighted by Gasteiger charge is 2.05. The van der Waals surface area contributed by atoms with Gasteiger partial charge in [0.1, 0.15) is 11.3 Å². The van der Waals surface area contributed by atoms with Crippen molar-refractivity contribution < 1.29 is 0 Å². The Bertz CT molecular complexity index is 937. The third-order valence-corrected chi connectivity index (χ3v) is 3.52. The number of benzene rings is 2. The van der Waals surface area contributed by atoms with Crippen molar-refractivity contribution >= 4 is 22.7 Å². The standard InChI is InChI=1S/C19H14N4/c1-3-7-14(8-4-1)17-13-20-16-11-12-18(23-19(16)22-17)21-15-9-5-2-6-10-15/h1-13H,(H,21,22,23). The van der Waals surface area contributed by atoms with Gasteiger partial charge in [-0.15, -0.1) is 0 Å². The van der Waals surface area contributed by atoms with Crippen molar-refractivity contribution in [2.24, 2.45) is 0 Å². The largest absolute Gasteiger partial charge is 0.340 e. The Kier molecular flexibility index (Phi) is 3.41. The average Bonchev–Trinajstić information content (AvgIpc) is 2.63. The van der Waals surface area contributed by atoms with Crippen molar-refractivity contribution in [3.05, 3.63) is 79.0 Å². The van der Waals surface area contributed by atoms with E-state index in [1.807, 2.05) is 72.8 Å². The Labute approximate surface area is 133 Å². The van der Waals surface area contributed by atoms with E-state index in [0.717, 1.165) is 28.3 Å². The summed E-state index contributed by atoms with van der Waals surface area (Å²) in [5.41, 5.74) is 4.26. The minimum absolute atomic E-state index is 0.632. The number of rotatable bonds is 3. The molecule has 0 fully saturated rings. The van der Waals surface area contributed by atoms with E-state index in [1.165, 1.54) is 0 Å². The number of para-hydroxylation sites is 1. The van der Waals surface area contributed by atoms with Crippen LogP contribution in [0.3, 0.4) is 0 Å². The van der Waals surface area contributed by atoms with Crippen molar-refractivity contribution in [3.8, 4) is 11.3 Å². The summed E-state index contributed by atoms with van der Waals surface area (Å²) in [5, 5.41) is 3.28. The number of anilines is 2. The lowest BCUT2D eigenvalue weighted by atomic mass is 10.2. The van der Waals surface area contributed by atoms with Crippen LogP contribution in [0, 0.1) is 0 Å². The number of nitrogens with one attached hydrogen (secondary N) is 1. The van der Waals surface area contributed by atoms with E-state index in [1.54, 1.807) is 6.20 Å². The van der Waals surface area contributed by atoms with Crippen molar-refractivity contribution in [1.29, 1.82) is 0 Å². The molecular formula is C19H14N4. The van der Waals surface area contributed by atoms with Crippen LogP contribution in [0.5, 0.6) is 0 Å². The molecule has 4 rings (SSSR count). The van der Waals surface area contributed by atoms with Gasteiger partial charge in [-0.05, 0) is 24.3 Å². The molecule has 0 saturated heterocycles. The number of nitrogens with zero attached hydrogens (tertiary/aromatic N) is 3. The Morgan fingerprint density at radius 3 is 2.22 bits per heavy atom. The molecule has 0 unspecified atom stereocenters. The van der Waals surface area contributed by atoms with Gasteiger partial charge in [0.05, 0.1) is 11.9 Å². The lowest BCUT2D eigenvalue weighted by molar-refractivity contribution is 1.22. The fraction of sp³-hybridized carbons (Fsp3) is 0. The zero-order valence-corrected chi connectivity index (χ0v) is 12.3. The molecule has 0 atom stereocenters. The molecule has 110 valence electrons. The molecule has 0 radical (unpaired) electrons. The monoisotopic (exact) mass is 298 g/mol. The van der Waals surface area contributed by atoms with Crippen LogP contribution in [0.15, 0.2) is 79.0 Å². The third-order valence-electron chi connectivity index (χ3n) is 3.52. The van der Waals surface area contributed by atoms with Crippen LogP contribution in [0.1, 0.15) is 0 Å². The second-order valence-corrected chi connectivity index (χ2v) is 5.15. The van der Waals surface area contributed by atoms with Gasteiger partial charge < -0.3 is 5.32 Å². The molecule has 2 aromatic carbocycles. The highest BCUT2D eigenvalue weighted by Crippen LogP contribution is 2.20. The Hall–Kier alpha value is -3.27. The molecule has 4 nitrogen and oxygen atoms in total. The summed E-state index contributed by atoms with van der Waals surface area (Å²) in [4.78, 5) is 13.7. The lowest BCUT2D eigenvalue weighted by Gasteiger charge is -2.07. The summed E-state index contributed by atoms with van der Waals surface area (Å²) < 4.78 is 0. The lowest BCUT2D eigenvalue weighted by Crippen LogP contribution is -1.96. The fourth-order valence-electron chi connectivity index (χ4n) is 2.38. The van der Waals surface area contributed by atoms with Crippen LogP contribution in [-0.4, -0.2) is 15.0 Å². The Morgan fingerprint density at radius 1 is 0.696 bits per heavy atom. The smallest absolute Gasteiger partial charge is 0.180 e. The van der Waals surface area contributed by atoms with Crippen LogP contribution >= 0.6 is 0 Å². The number of fused-ring (bicyclic) bond motifs is 1. The zero-order chi connectivity index (χ0) is 15.5. The summed E-state index contributed by atoms with van der Waals surface area (Å²) in [6.45, 7) is 0. The van der Waals surface area contributed by atoms with Gasteiger partial charge in [-0.1, -0.05) is 48.5 Å². The summed E-state index contributed by atoms with van der Waals surface area (Å²) in [7, 11) is 0. The molecule has 23 heavy (non-hydrogen) atoms. The maximum Gasteiger partial charge on any atom is 0.180 e. The molecular weight excluding hydrogens is 284 g/mol. The van der Waals surface area contributed by atoms with E-state index in [4.69, 9.17) is 0 Å². The summed E-state index contributed by atoms with van der Waals surface area (Å²) in [6.07, 6.45) is 1.78. The fourth-order valence-corrected chi connectivity index (χ4v) is 2.38. The maximum atomic E-state index is 4.63. The molecule has 4 heteroatoms. The summed E-state index contributed by atoms with van der Waals surface area (Å²) >= 11 is 0. The van der Waals surface area contributed by atoms with E-state index >= 15 is 0 Å². The van der Waals surface area contributed by atoms with Crippen LogP contribution in [0.25, 0.3) is 22.4 Å². The number of hydrogen-bond acceptors (Lipinski definition) is 4. The van der Waals surface area contributed by atoms with Gasteiger partial charge in [-0.25, -0.2) is 9.97 Å². The molecule has 0 saturated carbocycles. The molecule has 0 spiro atoms. The van der Waals surface area contributed by atoms with Crippen molar-refractivity contribution in [1.82, 2.24) is 15.0 Å². The first kappa shape index (κ1) is 13.4. The van der Waals surface area contributed by atoms with E-state index < -0.39 is 0 Å².